The lowest BCUT2D eigenvalue weighted by atomic mass is 9.94. The Kier molecular flexibility index (Phi) is 6.33. The molecule has 1 unspecified atom stereocenters. The minimum Gasteiger partial charge on any atom is -0.507 e. The van der Waals surface area contributed by atoms with E-state index in [-0.39, 0.29) is 21.7 Å². The Hall–Kier alpha value is -4.15. The van der Waals surface area contributed by atoms with Crippen LogP contribution in [0.25, 0.3) is 5.76 Å². The molecule has 3 N–H and O–H groups in total. The summed E-state index contributed by atoms with van der Waals surface area (Å²) >= 11 is 0. The standard InChI is InChI=1S/C25H22N2O7S/c1-33-17-11-7-15(8-12-17)22-21(23(28)19-5-3-4-6-20(19)34-2)24(29)25(30)27(22)16-9-13-18(14-10-16)35(26,31)32/h3-14,22,28H,1-2H3,(H2,26,31,32)/b23-21+. The maximum atomic E-state index is 13.2. The molecule has 3 aromatic carbocycles. The van der Waals surface area contributed by atoms with Crippen molar-refractivity contribution >= 4 is 33.2 Å². The van der Waals surface area contributed by atoms with Gasteiger partial charge in [-0.15, -0.1) is 0 Å². The Morgan fingerprint density at radius 3 is 2.11 bits per heavy atom. The second kappa shape index (κ2) is 9.24. The van der Waals surface area contributed by atoms with Crippen LogP contribution in [0.1, 0.15) is 17.2 Å². The molecule has 180 valence electrons. The van der Waals surface area contributed by atoms with Crippen molar-refractivity contribution in [3.63, 3.8) is 0 Å². The maximum Gasteiger partial charge on any atom is 0.300 e. The number of anilines is 1. The van der Waals surface area contributed by atoms with Crippen LogP contribution in [-0.4, -0.2) is 39.4 Å². The van der Waals surface area contributed by atoms with Gasteiger partial charge in [0.05, 0.1) is 36.3 Å². The van der Waals surface area contributed by atoms with Crippen LogP contribution in [0, 0.1) is 0 Å². The summed E-state index contributed by atoms with van der Waals surface area (Å²) < 4.78 is 33.9. The van der Waals surface area contributed by atoms with Crippen molar-refractivity contribution in [3.05, 3.63) is 89.5 Å². The lowest BCUT2D eigenvalue weighted by molar-refractivity contribution is -0.132. The van der Waals surface area contributed by atoms with E-state index in [0.29, 0.717) is 17.1 Å². The molecule has 1 amide bonds. The molecule has 3 aromatic rings. The van der Waals surface area contributed by atoms with Gasteiger partial charge in [0, 0.05) is 5.69 Å². The zero-order valence-corrected chi connectivity index (χ0v) is 19.7. The topological polar surface area (TPSA) is 136 Å². The van der Waals surface area contributed by atoms with Gasteiger partial charge in [-0.1, -0.05) is 24.3 Å². The highest BCUT2D eigenvalue weighted by Gasteiger charge is 2.47. The zero-order chi connectivity index (χ0) is 25.3. The molecule has 1 atom stereocenters. The fourth-order valence-corrected chi connectivity index (χ4v) is 4.50. The molecule has 1 aliphatic heterocycles. The number of methoxy groups -OCH3 is 2. The Morgan fingerprint density at radius 2 is 1.54 bits per heavy atom. The van der Waals surface area contributed by atoms with Gasteiger partial charge >= 0.3 is 0 Å². The Morgan fingerprint density at radius 1 is 0.914 bits per heavy atom. The fourth-order valence-electron chi connectivity index (χ4n) is 3.98. The largest absolute Gasteiger partial charge is 0.507 e. The highest BCUT2D eigenvalue weighted by atomic mass is 32.2. The number of Topliss-reactive ketones (excluding diaryl/α,β-unsaturated/α-hetero) is 1. The number of rotatable bonds is 6. The van der Waals surface area contributed by atoms with E-state index in [1.807, 2.05) is 0 Å². The molecule has 1 heterocycles. The number of benzene rings is 3. The Balaban J connectivity index is 1.94. The first-order valence-corrected chi connectivity index (χ1v) is 11.9. The predicted molar refractivity (Wildman–Crippen MR) is 129 cm³/mol. The van der Waals surface area contributed by atoms with Gasteiger partial charge < -0.3 is 14.6 Å². The van der Waals surface area contributed by atoms with Crippen molar-refractivity contribution in [1.29, 1.82) is 0 Å². The van der Waals surface area contributed by atoms with Crippen LogP contribution >= 0.6 is 0 Å². The Bertz CT molecular complexity index is 1430. The Labute approximate surface area is 202 Å². The molecule has 10 heteroatoms. The van der Waals surface area contributed by atoms with E-state index in [2.05, 4.69) is 0 Å². The lowest BCUT2D eigenvalue weighted by Crippen LogP contribution is -2.29. The number of nitrogens with zero attached hydrogens (tertiary/aromatic N) is 1. The third kappa shape index (κ3) is 4.36. The third-order valence-corrected chi connectivity index (χ3v) is 6.61. The number of sulfonamides is 1. The van der Waals surface area contributed by atoms with Crippen molar-refractivity contribution in [2.24, 2.45) is 5.14 Å². The molecule has 1 fully saturated rings. The van der Waals surface area contributed by atoms with Gasteiger partial charge in [0.2, 0.25) is 10.0 Å². The number of primary sulfonamides is 1. The molecule has 0 bridgehead atoms. The van der Waals surface area contributed by atoms with E-state index in [9.17, 15) is 23.1 Å². The summed E-state index contributed by atoms with van der Waals surface area (Å²) in [6, 6.07) is 17.5. The molecule has 1 saturated heterocycles. The minimum atomic E-state index is -3.96. The zero-order valence-electron chi connectivity index (χ0n) is 18.8. The van der Waals surface area contributed by atoms with Crippen molar-refractivity contribution in [2.75, 3.05) is 19.1 Å². The van der Waals surface area contributed by atoms with E-state index in [1.165, 1.54) is 43.4 Å². The summed E-state index contributed by atoms with van der Waals surface area (Å²) in [6.45, 7) is 0. The predicted octanol–water partition coefficient (Wildman–Crippen LogP) is 2.98. The number of aliphatic hydroxyl groups is 1. The van der Waals surface area contributed by atoms with Gasteiger partial charge in [-0.2, -0.15) is 0 Å². The van der Waals surface area contributed by atoms with Gasteiger partial charge in [-0.05, 0) is 54.1 Å². The van der Waals surface area contributed by atoms with E-state index < -0.39 is 33.5 Å². The van der Waals surface area contributed by atoms with E-state index in [1.54, 1.807) is 48.5 Å². The summed E-state index contributed by atoms with van der Waals surface area (Å²) in [5, 5.41) is 16.4. The number of hydrogen-bond donors (Lipinski definition) is 2. The molecule has 0 radical (unpaired) electrons. The summed E-state index contributed by atoms with van der Waals surface area (Å²) in [5.74, 6) is -1.30. The molecular weight excluding hydrogens is 472 g/mol. The van der Waals surface area contributed by atoms with Crippen LogP contribution in [0.4, 0.5) is 5.69 Å². The minimum absolute atomic E-state index is 0.139. The van der Waals surface area contributed by atoms with E-state index in [0.717, 1.165) is 0 Å². The van der Waals surface area contributed by atoms with Crippen LogP contribution in [-0.2, 0) is 19.6 Å². The van der Waals surface area contributed by atoms with Crippen LogP contribution in [0.3, 0.4) is 0 Å². The smallest absolute Gasteiger partial charge is 0.300 e. The second-order valence-electron chi connectivity index (χ2n) is 7.68. The molecule has 0 aromatic heterocycles. The van der Waals surface area contributed by atoms with Gasteiger partial charge in [-0.3, -0.25) is 14.5 Å². The number of amides is 1. The van der Waals surface area contributed by atoms with E-state index in [4.69, 9.17) is 14.6 Å². The van der Waals surface area contributed by atoms with Crippen LogP contribution < -0.4 is 19.5 Å². The number of nitrogens with two attached hydrogens (primary N) is 1. The van der Waals surface area contributed by atoms with Crippen LogP contribution in [0.2, 0.25) is 0 Å². The summed E-state index contributed by atoms with van der Waals surface area (Å²) in [4.78, 5) is 27.5. The van der Waals surface area contributed by atoms with Crippen LogP contribution in [0.5, 0.6) is 11.5 Å². The first kappa shape index (κ1) is 24.0. The SMILES string of the molecule is COc1ccc(C2/C(=C(\O)c3ccccc3OC)C(=O)C(=O)N2c2ccc(S(N)(=O)=O)cc2)cc1. The number of ketones is 1. The second-order valence-corrected chi connectivity index (χ2v) is 9.24. The van der Waals surface area contributed by atoms with E-state index >= 15 is 0 Å². The highest BCUT2D eigenvalue weighted by molar-refractivity contribution is 7.89. The average molecular weight is 495 g/mol. The summed E-state index contributed by atoms with van der Waals surface area (Å²) in [6.07, 6.45) is 0. The third-order valence-electron chi connectivity index (χ3n) is 5.68. The first-order valence-electron chi connectivity index (χ1n) is 10.4. The monoisotopic (exact) mass is 494 g/mol. The number of carbonyl (C=O) groups excluding carboxylic acids is 2. The van der Waals surface area contributed by atoms with Gasteiger partial charge in [-0.25, -0.2) is 13.6 Å². The molecule has 9 nitrogen and oxygen atoms in total. The molecule has 35 heavy (non-hydrogen) atoms. The number of para-hydroxylation sites is 1. The quantitative estimate of drug-likeness (QED) is 0.305. The van der Waals surface area contributed by atoms with Gasteiger partial charge in [0.25, 0.3) is 11.7 Å². The molecule has 1 aliphatic rings. The molecule has 0 spiro atoms. The number of ether oxygens (including phenoxy) is 2. The van der Waals surface area contributed by atoms with Gasteiger partial charge in [0.15, 0.2) is 0 Å². The average Bonchev–Trinajstić information content (AvgIpc) is 3.13. The normalized spacial score (nSPS) is 17.5. The number of aliphatic hydroxyl groups excluding tert-OH is 1. The fraction of sp³-hybridized carbons (Fsp3) is 0.120. The van der Waals surface area contributed by atoms with Crippen LogP contribution in [0.15, 0.2) is 83.3 Å². The molecule has 0 aliphatic carbocycles. The molecule has 4 rings (SSSR count). The maximum absolute atomic E-state index is 13.2. The first-order chi connectivity index (χ1) is 16.7. The van der Waals surface area contributed by atoms with Crippen molar-refractivity contribution in [3.8, 4) is 11.5 Å². The summed E-state index contributed by atoms with van der Waals surface area (Å²) in [5.41, 5.74) is 0.882. The van der Waals surface area contributed by atoms with Crippen molar-refractivity contribution < 1.29 is 32.6 Å². The number of hydrogen-bond acceptors (Lipinski definition) is 7. The summed E-state index contributed by atoms with van der Waals surface area (Å²) in [7, 11) is -1.02. The van der Waals surface area contributed by atoms with Gasteiger partial charge in [0.1, 0.15) is 17.3 Å². The van der Waals surface area contributed by atoms with Crippen molar-refractivity contribution in [2.45, 2.75) is 10.9 Å². The number of carbonyl (C=O) groups is 2. The lowest BCUT2D eigenvalue weighted by Gasteiger charge is -2.26. The molecule has 0 saturated carbocycles. The molecular formula is C25H22N2O7S. The highest BCUT2D eigenvalue weighted by Crippen LogP contribution is 2.43. The van der Waals surface area contributed by atoms with Crippen molar-refractivity contribution in [1.82, 2.24) is 0 Å².